The van der Waals surface area contributed by atoms with Gasteiger partial charge in [-0.3, -0.25) is 0 Å². The summed E-state index contributed by atoms with van der Waals surface area (Å²) in [6, 6.07) is 5.82. The van der Waals surface area contributed by atoms with Gasteiger partial charge in [0.05, 0.1) is 6.61 Å². The first kappa shape index (κ1) is 16.2. The van der Waals surface area contributed by atoms with Crippen LogP contribution in [0.3, 0.4) is 0 Å². The summed E-state index contributed by atoms with van der Waals surface area (Å²) in [6.07, 6.45) is 4.38. The molecular formula is C21H24O4. The van der Waals surface area contributed by atoms with Gasteiger partial charge in [-0.2, -0.15) is 0 Å². The lowest BCUT2D eigenvalue weighted by molar-refractivity contribution is 0.0978. The number of benzene rings is 2. The first-order valence-electron chi connectivity index (χ1n) is 9.24. The summed E-state index contributed by atoms with van der Waals surface area (Å²) in [5.74, 6) is 1.72. The molecule has 2 unspecified atom stereocenters. The molecule has 1 fully saturated rings. The standard InChI is InChI=1S/C21H24O4/c1-3-4-10-24-21(23)25-20-16-12(2)6-5-7-15(16)19(22)17-13-8-9-14(11-13)18(17)20/h5-7,13-14,22H,3-4,8-11H2,1-2H3. The number of carbonyl (C=O) groups is 1. The number of fused-ring (bicyclic) bond motifs is 6. The predicted molar refractivity (Wildman–Crippen MR) is 96.6 cm³/mol. The highest BCUT2D eigenvalue weighted by atomic mass is 16.7. The first-order chi connectivity index (χ1) is 12.1. The lowest BCUT2D eigenvalue weighted by atomic mass is 9.86. The summed E-state index contributed by atoms with van der Waals surface area (Å²) < 4.78 is 11.0. The third kappa shape index (κ3) is 2.55. The maximum atomic E-state index is 12.2. The monoisotopic (exact) mass is 340 g/mol. The average Bonchev–Trinajstić information content (AvgIpc) is 3.20. The highest BCUT2D eigenvalue weighted by molar-refractivity contribution is 6.00. The van der Waals surface area contributed by atoms with Crippen molar-refractivity contribution in [3.8, 4) is 11.5 Å². The summed E-state index contributed by atoms with van der Waals surface area (Å²) in [5.41, 5.74) is 3.02. The van der Waals surface area contributed by atoms with Crippen molar-refractivity contribution in [1.82, 2.24) is 0 Å². The molecule has 2 aliphatic rings. The van der Waals surface area contributed by atoms with Crippen molar-refractivity contribution < 1.29 is 19.4 Å². The average molecular weight is 340 g/mol. The number of phenols is 1. The van der Waals surface area contributed by atoms with Gasteiger partial charge >= 0.3 is 6.16 Å². The molecule has 0 aliphatic heterocycles. The molecule has 0 heterocycles. The van der Waals surface area contributed by atoms with Gasteiger partial charge in [-0.1, -0.05) is 31.5 Å². The van der Waals surface area contributed by atoms with Gasteiger partial charge in [0.15, 0.2) is 0 Å². The van der Waals surface area contributed by atoms with Crippen molar-refractivity contribution >= 4 is 16.9 Å². The summed E-state index contributed by atoms with van der Waals surface area (Å²) >= 11 is 0. The van der Waals surface area contributed by atoms with Gasteiger partial charge in [0, 0.05) is 21.9 Å². The van der Waals surface area contributed by atoms with Crippen molar-refractivity contribution in [3.05, 3.63) is 34.9 Å². The fourth-order valence-corrected chi connectivity index (χ4v) is 4.54. The summed E-state index contributed by atoms with van der Waals surface area (Å²) in [7, 11) is 0. The van der Waals surface area contributed by atoms with Crippen molar-refractivity contribution in [2.45, 2.75) is 57.8 Å². The molecule has 0 aromatic heterocycles. The molecule has 4 nitrogen and oxygen atoms in total. The fourth-order valence-electron chi connectivity index (χ4n) is 4.54. The number of carbonyl (C=O) groups excluding carboxylic acids is 1. The van der Waals surface area contributed by atoms with Crippen LogP contribution < -0.4 is 4.74 Å². The zero-order chi connectivity index (χ0) is 17.6. The van der Waals surface area contributed by atoms with Gasteiger partial charge in [-0.25, -0.2) is 4.79 Å². The van der Waals surface area contributed by atoms with Gasteiger partial charge in [0.1, 0.15) is 11.5 Å². The molecule has 1 N–H and O–H groups in total. The molecule has 25 heavy (non-hydrogen) atoms. The lowest BCUT2D eigenvalue weighted by Crippen LogP contribution is -2.14. The van der Waals surface area contributed by atoms with Crippen molar-refractivity contribution in [1.29, 1.82) is 0 Å². The Hall–Kier alpha value is -2.23. The molecule has 0 saturated heterocycles. The zero-order valence-electron chi connectivity index (χ0n) is 14.8. The van der Waals surface area contributed by atoms with E-state index in [1.54, 1.807) is 0 Å². The molecule has 2 bridgehead atoms. The molecule has 4 rings (SSSR count). The third-order valence-corrected chi connectivity index (χ3v) is 5.70. The second-order valence-electron chi connectivity index (χ2n) is 7.26. The van der Waals surface area contributed by atoms with Crippen molar-refractivity contribution in [2.75, 3.05) is 6.61 Å². The zero-order valence-corrected chi connectivity index (χ0v) is 14.8. The molecule has 1 saturated carbocycles. The largest absolute Gasteiger partial charge is 0.513 e. The number of aryl methyl sites for hydroxylation is 1. The summed E-state index contributed by atoms with van der Waals surface area (Å²) in [6.45, 7) is 4.41. The summed E-state index contributed by atoms with van der Waals surface area (Å²) in [5, 5.41) is 12.5. The summed E-state index contributed by atoms with van der Waals surface area (Å²) in [4.78, 5) is 12.2. The molecule has 2 aromatic rings. The molecule has 4 heteroatoms. The minimum Gasteiger partial charge on any atom is -0.507 e. The van der Waals surface area contributed by atoms with Gasteiger partial charge in [-0.15, -0.1) is 0 Å². The Morgan fingerprint density at radius 2 is 2.00 bits per heavy atom. The topological polar surface area (TPSA) is 55.8 Å². The van der Waals surface area contributed by atoms with E-state index in [4.69, 9.17) is 9.47 Å². The van der Waals surface area contributed by atoms with Crippen LogP contribution in [0.1, 0.15) is 67.6 Å². The van der Waals surface area contributed by atoms with E-state index in [0.29, 0.717) is 29.9 Å². The molecular weight excluding hydrogens is 316 g/mol. The molecule has 0 spiro atoms. The lowest BCUT2D eigenvalue weighted by Gasteiger charge is -2.23. The molecule has 0 amide bonds. The molecule has 0 radical (unpaired) electrons. The van der Waals surface area contributed by atoms with Crippen LogP contribution in [-0.2, 0) is 4.74 Å². The quantitative estimate of drug-likeness (QED) is 0.451. The van der Waals surface area contributed by atoms with Gasteiger partial charge in [0.25, 0.3) is 0 Å². The van der Waals surface area contributed by atoms with E-state index in [-0.39, 0.29) is 0 Å². The number of unbranched alkanes of at least 4 members (excludes halogenated alkanes) is 1. The van der Waals surface area contributed by atoms with E-state index in [1.807, 2.05) is 25.1 Å². The van der Waals surface area contributed by atoms with Crippen LogP contribution in [0.25, 0.3) is 10.8 Å². The van der Waals surface area contributed by atoms with E-state index in [2.05, 4.69) is 6.92 Å². The van der Waals surface area contributed by atoms with E-state index in [1.165, 1.54) is 0 Å². The molecule has 2 atom stereocenters. The number of aromatic hydroxyl groups is 1. The van der Waals surface area contributed by atoms with E-state index < -0.39 is 6.16 Å². The van der Waals surface area contributed by atoms with Crippen LogP contribution in [-0.4, -0.2) is 17.9 Å². The maximum Gasteiger partial charge on any atom is 0.513 e. The number of hydrogen-bond donors (Lipinski definition) is 1. The second kappa shape index (κ2) is 6.25. The fraction of sp³-hybridized carbons (Fsp3) is 0.476. The maximum absolute atomic E-state index is 12.2. The van der Waals surface area contributed by atoms with Crippen LogP contribution in [0.4, 0.5) is 4.79 Å². The Bertz CT molecular complexity index is 840. The van der Waals surface area contributed by atoms with Crippen LogP contribution in [0.15, 0.2) is 18.2 Å². The van der Waals surface area contributed by atoms with E-state index in [0.717, 1.165) is 59.6 Å². The van der Waals surface area contributed by atoms with Crippen molar-refractivity contribution in [3.63, 3.8) is 0 Å². The third-order valence-electron chi connectivity index (χ3n) is 5.70. The Morgan fingerprint density at radius 1 is 1.24 bits per heavy atom. The normalized spacial score (nSPS) is 20.7. The Kier molecular flexibility index (Phi) is 4.06. The number of ether oxygens (including phenoxy) is 2. The molecule has 132 valence electrons. The minimum atomic E-state index is -0.645. The smallest absolute Gasteiger partial charge is 0.507 e. The number of hydrogen-bond acceptors (Lipinski definition) is 4. The number of phenolic OH excluding ortho intramolecular Hbond substituents is 1. The van der Waals surface area contributed by atoms with Gasteiger partial charge in [-0.05, 0) is 50.0 Å². The Labute approximate surface area is 147 Å². The van der Waals surface area contributed by atoms with E-state index >= 15 is 0 Å². The van der Waals surface area contributed by atoms with Crippen LogP contribution in [0.5, 0.6) is 11.5 Å². The SMILES string of the molecule is CCCCOC(=O)Oc1c2c(c(O)c3cccc(C)c13)C1CCC2C1. The predicted octanol–water partition coefficient (Wildman–Crippen LogP) is 5.53. The molecule has 2 aromatic carbocycles. The van der Waals surface area contributed by atoms with Crippen molar-refractivity contribution in [2.24, 2.45) is 0 Å². The van der Waals surface area contributed by atoms with Crippen LogP contribution >= 0.6 is 0 Å². The Morgan fingerprint density at radius 3 is 2.76 bits per heavy atom. The Balaban J connectivity index is 1.83. The highest BCUT2D eigenvalue weighted by Gasteiger charge is 2.43. The highest BCUT2D eigenvalue weighted by Crippen LogP contribution is 2.61. The van der Waals surface area contributed by atoms with Gasteiger partial charge in [0.2, 0.25) is 0 Å². The first-order valence-corrected chi connectivity index (χ1v) is 9.24. The van der Waals surface area contributed by atoms with Crippen LogP contribution in [0, 0.1) is 6.92 Å². The number of rotatable bonds is 4. The van der Waals surface area contributed by atoms with Gasteiger partial charge < -0.3 is 14.6 Å². The van der Waals surface area contributed by atoms with E-state index in [9.17, 15) is 9.90 Å². The minimum absolute atomic E-state index is 0.368. The second-order valence-corrected chi connectivity index (χ2v) is 7.26. The van der Waals surface area contributed by atoms with Crippen LogP contribution in [0.2, 0.25) is 0 Å². The molecule has 2 aliphatic carbocycles.